The second-order valence-corrected chi connectivity index (χ2v) is 7.95. The molecule has 150 valence electrons. The molecule has 0 unspecified atom stereocenters. The summed E-state index contributed by atoms with van der Waals surface area (Å²) in [7, 11) is 0. The van der Waals surface area contributed by atoms with E-state index in [2.05, 4.69) is 10.6 Å². The fourth-order valence-corrected chi connectivity index (χ4v) is 4.29. The van der Waals surface area contributed by atoms with Crippen LogP contribution < -0.4 is 10.6 Å². The van der Waals surface area contributed by atoms with E-state index in [1.165, 1.54) is 18.4 Å². The third-order valence-corrected chi connectivity index (χ3v) is 5.72. The highest BCUT2D eigenvalue weighted by Gasteiger charge is 2.25. The SMILES string of the molecule is CC(=O)NCCC[C@H](c1ccc(F)c(-c2cccc(C)c2)c1)[C@H]1CCCNC1. The van der Waals surface area contributed by atoms with Crippen LogP contribution in [-0.4, -0.2) is 25.5 Å². The van der Waals surface area contributed by atoms with Crippen molar-refractivity contribution in [3.8, 4) is 11.1 Å². The molecule has 0 aliphatic carbocycles. The summed E-state index contributed by atoms with van der Waals surface area (Å²) in [6, 6.07) is 13.6. The summed E-state index contributed by atoms with van der Waals surface area (Å²) in [4.78, 5) is 11.2. The molecule has 2 N–H and O–H groups in total. The molecule has 2 atom stereocenters. The topological polar surface area (TPSA) is 41.1 Å². The predicted octanol–water partition coefficient (Wildman–Crippen LogP) is 4.80. The first-order chi connectivity index (χ1) is 13.5. The van der Waals surface area contributed by atoms with Crippen LogP contribution in [-0.2, 0) is 4.79 Å². The van der Waals surface area contributed by atoms with Gasteiger partial charge in [-0.25, -0.2) is 4.39 Å². The average molecular weight is 383 g/mol. The van der Waals surface area contributed by atoms with Crippen molar-refractivity contribution < 1.29 is 9.18 Å². The maximum Gasteiger partial charge on any atom is 0.216 e. The molecule has 3 nitrogen and oxygen atoms in total. The van der Waals surface area contributed by atoms with E-state index in [-0.39, 0.29) is 11.7 Å². The Bertz CT molecular complexity index is 799. The van der Waals surface area contributed by atoms with Gasteiger partial charge < -0.3 is 10.6 Å². The van der Waals surface area contributed by atoms with E-state index in [0.29, 0.717) is 23.9 Å². The van der Waals surface area contributed by atoms with Gasteiger partial charge in [0.25, 0.3) is 0 Å². The highest BCUT2D eigenvalue weighted by Crippen LogP contribution is 2.36. The molecular weight excluding hydrogens is 351 g/mol. The molecule has 3 rings (SSSR count). The number of benzene rings is 2. The van der Waals surface area contributed by atoms with Gasteiger partial charge in [-0.1, -0.05) is 35.9 Å². The first kappa shape index (κ1) is 20.5. The number of hydrogen-bond acceptors (Lipinski definition) is 2. The van der Waals surface area contributed by atoms with Gasteiger partial charge in [0.05, 0.1) is 0 Å². The lowest BCUT2D eigenvalue weighted by Crippen LogP contribution is -2.33. The van der Waals surface area contributed by atoms with Gasteiger partial charge in [0.1, 0.15) is 5.82 Å². The van der Waals surface area contributed by atoms with Crippen molar-refractivity contribution in [2.75, 3.05) is 19.6 Å². The van der Waals surface area contributed by atoms with E-state index < -0.39 is 0 Å². The maximum atomic E-state index is 14.6. The Morgan fingerprint density at radius 2 is 2.14 bits per heavy atom. The number of carbonyl (C=O) groups excluding carboxylic acids is 1. The quantitative estimate of drug-likeness (QED) is 0.675. The van der Waals surface area contributed by atoms with Crippen molar-refractivity contribution in [1.82, 2.24) is 10.6 Å². The van der Waals surface area contributed by atoms with Gasteiger partial charge in [-0.05, 0) is 80.8 Å². The van der Waals surface area contributed by atoms with Crippen LogP contribution in [0.3, 0.4) is 0 Å². The summed E-state index contributed by atoms with van der Waals surface area (Å²) in [5.74, 6) is 0.750. The van der Waals surface area contributed by atoms with Gasteiger partial charge in [-0.2, -0.15) is 0 Å². The highest BCUT2D eigenvalue weighted by atomic mass is 19.1. The molecule has 1 saturated heterocycles. The standard InChI is InChI=1S/C24H31FN2O/c1-17-6-3-7-19(14-17)23-15-20(10-11-24(23)25)22(9-5-13-27-18(2)28)21-8-4-12-26-16-21/h3,6-7,10-11,14-15,21-22,26H,4-5,8-9,12-13,16H2,1-2H3,(H,27,28)/t21-,22+/m0/s1. The fraction of sp³-hybridized carbons (Fsp3) is 0.458. The summed E-state index contributed by atoms with van der Waals surface area (Å²) in [6.45, 7) is 6.35. The minimum Gasteiger partial charge on any atom is -0.356 e. The lowest BCUT2D eigenvalue weighted by molar-refractivity contribution is -0.118. The second-order valence-electron chi connectivity index (χ2n) is 7.95. The third kappa shape index (κ3) is 5.41. The normalized spacial score (nSPS) is 17.9. The molecule has 2 aromatic rings. The number of rotatable bonds is 7. The van der Waals surface area contributed by atoms with Crippen LogP contribution in [0.15, 0.2) is 42.5 Å². The zero-order valence-corrected chi connectivity index (χ0v) is 16.9. The molecule has 0 radical (unpaired) electrons. The number of nitrogens with one attached hydrogen (secondary N) is 2. The first-order valence-electron chi connectivity index (χ1n) is 10.4. The summed E-state index contributed by atoms with van der Waals surface area (Å²) in [5.41, 5.74) is 3.94. The molecule has 1 aliphatic rings. The Morgan fingerprint density at radius 1 is 1.29 bits per heavy atom. The lowest BCUT2D eigenvalue weighted by Gasteiger charge is -2.31. The van der Waals surface area contributed by atoms with E-state index in [1.54, 1.807) is 13.0 Å². The summed E-state index contributed by atoms with van der Waals surface area (Å²) < 4.78 is 14.6. The molecule has 0 saturated carbocycles. The Morgan fingerprint density at radius 3 is 2.86 bits per heavy atom. The highest BCUT2D eigenvalue weighted by molar-refractivity contribution is 5.72. The zero-order valence-electron chi connectivity index (χ0n) is 16.9. The Balaban J connectivity index is 1.85. The van der Waals surface area contributed by atoms with Gasteiger partial charge in [-0.15, -0.1) is 0 Å². The third-order valence-electron chi connectivity index (χ3n) is 5.72. The first-order valence-corrected chi connectivity index (χ1v) is 10.4. The Kier molecular flexibility index (Phi) is 7.21. The largest absolute Gasteiger partial charge is 0.356 e. The van der Waals surface area contributed by atoms with Gasteiger partial charge in [0, 0.05) is 19.0 Å². The van der Waals surface area contributed by atoms with Crippen molar-refractivity contribution >= 4 is 5.91 Å². The van der Waals surface area contributed by atoms with Crippen LogP contribution in [0, 0.1) is 18.7 Å². The van der Waals surface area contributed by atoms with Gasteiger partial charge in [-0.3, -0.25) is 4.79 Å². The molecule has 0 spiro atoms. The Hall–Kier alpha value is -2.20. The molecule has 1 amide bonds. The molecule has 0 aromatic heterocycles. The van der Waals surface area contributed by atoms with Crippen LogP contribution >= 0.6 is 0 Å². The molecule has 1 fully saturated rings. The predicted molar refractivity (Wildman–Crippen MR) is 113 cm³/mol. The fourth-order valence-electron chi connectivity index (χ4n) is 4.29. The minimum absolute atomic E-state index is 0.0133. The van der Waals surface area contributed by atoms with E-state index in [1.807, 2.05) is 43.3 Å². The smallest absolute Gasteiger partial charge is 0.216 e. The van der Waals surface area contributed by atoms with Crippen LogP contribution in [0.5, 0.6) is 0 Å². The lowest BCUT2D eigenvalue weighted by atomic mass is 9.78. The van der Waals surface area contributed by atoms with Crippen molar-refractivity contribution in [1.29, 1.82) is 0 Å². The second kappa shape index (κ2) is 9.83. The maximum absolute atomic E-state index is 14.6. The van der Waals surface area contributed by atoms with Crippen molar-refractivity contribution in [3.63, 3.8) is 0 Å². The number of piperidine rings is 1. The van der Waals surface area contributed by atoms with Crippen LogP contribution in [0.4, 0.5) is 4.39 Å². The zero-order chi connectivity index (χ0) is 19.9. The molecular formula is C24H31FN2O. The van der Waals surface area contributed by atoms with Gasteiger partial charge in [0.2, 0.25) is 5.91 Å². The van der Waals surface area contributed by atoms with Gasteiger partial charge in [0.15, 0.2) is 0 Å². The minimum atomic E-state index is -0.173. The molecule has 4 heteroatoms. The van der Waals surface area contributed by atoms with E-state index >= 15 is 0 Å². The number of hydrogen-bond donors (Lipinski definition) is 2. The summed E-state index contributed by atoms with van der Waals surface area (Å²) >= 11 is 0. The molecule has 1 aliphatic heterocycles. The average Bonchev–Trinajstić information content (AvgIpc) is 2.69. The van der Waals surface area contributed by atoms with Crippen LogP contribution in [0.2, 0.25) is 0 Å². The molecule has 2 aromatic carbocycles. The Labute approximate surface area is 167 Å². The molecule has 28 heavy (non-hydrogen) atoms. The monoisotopic (exact) mass is 382 g/mol. The summed E-state index contributed by atoms with van der Waals surface area (Å²) in [6.07, 6.45) is 4.29. The van der Waals surface area contributed by atoms with Crippen molar-refractivity contribution in [3.05, 3.63) is 59.4 Å². The number of aryl methyl sites for hydroxylation is 1. The van der Waals surface area contributed by atoms with Gasteiger partial charge >= 0.3 is 0 Å². The van der Waals surface area contributed by atoms with E-state index in [4.69, 9.17) is 0 Å². The van der Waals surface area contributed by atoms with Crippen LogP contribution in [0.1, 0.15) is 49.7 Å². The number of halogens is 1. The molecule has 0 bridgehead atoms. The van der Waals surface area contributed by atoms with E-state index in [9.17, 15) is 9.18 Å². The summed E-state index contributed by atoms with van der Waals surface area (Å²) in [5, 5.41) is 6.41. The van der Waals surface area contributed by atoms with Crippen molar-refractivity contribution in [2.24, 2.45) is 5.92 Å². The number of carbonyl (C=O) groups is 1. The van der Waals surface area contributed by atoms with Crippen LogP contribution in [0.25, 0.3) is 11.1 Å². The van der Waals surface area contributed by atoms with Crippen molar-refractivity contribution in [2.45, 2.75) is 45.4 Å². The molecule has 1 heterocycles. The number of amides is 1. The van der Waals surface area contributed by atoms with E-state index in [0.717, 1.165) is 37.1 Å².